The molecule has 0 aliphatic rings. The second-order valence-electron chi connectivity index (χ2n) is 2.89. The second-order valence-corrected chi connectivity index (χ2v) is 3.91. The van der Waals surface area contributed by atoms with E-state index in [4.69, 9.17) is 0 Å². The molecule has 0 bridgehead atoms. The number of nitrogens with zero attached hydrogens (tertiary/aromatic N) is 1. The largest absolute Gasteiger partial charge is 0.494 e. The molecule has 0 aliphatic heterocycles. The maximum absolute atomic E-state index is 12.6. The molecule has 0 atom stereocenters. The molecule has 0 fully saturated rings. The Hall–Kier alpha value is -1.62. The Morgan fingerprint density at radius 1 is 0.933 bits per heavy atom. The molecule has 78 valence electrons. The van der Waals surface area contributed by atoms with Gasteiger partial charge in [-0.05, 0) is 36.2 Å². The van der Waals surface area contributed by atoms with Gasteiger partial charge in [0, 0.05) is 17.0 Å². The number of rotatable bonds is 2. The van der Waals surface area contributed by atoms with E-state index in [1.165, 1.54) is 28.2 Å². The minimum atomic E-state index is -0.319. The molecule has 0 saturated heterocycles. The first-order chi connectivity index (χ1) is 7.16. The molecule has 1 aromatic heterocycles. The van der Waals surface area contributed by atoms with Crippen molar-refractivity contribution in [3.8, 4) is 11.8 Å². The summed E-state index contributed by atoms with van der Waals surface area (Å²) in [4.78, 5) is 0.721. The van der Waals surface area contributed by atoms with E-state index in [-0.39, 0.29) is 17.6 Å². The van der Waals surface area contributed by atoms with Gasteiger partial charge in [0.2, 0.25) is 11.8 Å². The van der Waals surface area contributed by atoms with Crippen molar-refractivity contribution in [1.29, 1.82) is 0 Å². The molecule has 5 heteroatoms. The SMILES string of the molecule is Oc1ccc(O)n1Sc1ccc(F)cc1. The van der Waals surface area contributed by atoms with Gasteiger partial charge >= 0.3 is 0 Å². The fourth-order valence-corrected chi connectivity index (χ4v) is 1.87. The van der Waals surface area contributed by atoms with Crippen LogP contribution in [0.2, 0.25) is 0 Å². The van der Waals surface area contributed by atoms with E-state index >= 15 is 0 Å². The Bertz CT molecular complexity index is 447. The average molecular weight is 225 g/mol. The third kappa shape index (κ3) is 2.07. The number of aromatic hydroxyl groups is 2. The molecule has 2 N–H and O–H groups in total. The van der Waals surface area contributed by atoms with Gasteiger partial charge in [-0.25, -0.2) is 8.36 Å². The zero-order valence-corrected chi connectivity index (χ0v) is 8.41. The standard InChI is InChI=1S/C10H8FNO2S/c11-7-1-3-8(4-2-7)15-12-9(13)5-6-10(12)14/h1-6,13-14H. The molecule has 2 rings (SSSR count). The highest BCUT2D eigenvalue weighted by molar-refractivity contribution is 7.98. The number of hydrogen-bond acceptors (Lipinski definition) is 3. The second kappa shape index (κ2) is 3.86. The Morgan fingerprint density at radius 2 is 1.47 bits per heavy atom. The van der Waals surface area contributed by atoms with E-state index in [1.807, 2.05) is 0 Å². The lowest BCUT2D eigenvalue weighted by atomic mass is 10.4. The molecule has 2 aromatic rings. The van der Waals surface area contributed by atoms with E-state index < -0.39 is 0 Å². The van der Waals surface area contributed by atoms with Crippen molar-refractivity contribution in [2.24, 2.45) is 0 Å². The molecule has 1 heterocycles. The summed E-state index contributed by atoms with van der Waals surface area (Å²) in [5, 5.41) is 18.7. The van der Waals surface area contributed by atoms with Crippen molar-refractivity contribution >= 4 is 11.9 Å². The Labute approximate surface area is 89.9 Å². The van der Waals surface area contributed by atoms with Crippen LogP contribution in [0.3, 0.4) is 0 Å². The topological polar surface area (TPSA) is 45.4 Å². The Morgan fingerprint density at radius 3 is 2.00 bits per heavy atom. The molecular weight excluding hydrogens is 217 g/mol. The van der Waals surface area contributed by atoms with Crippen molar-refractivity contribution in [2.45, 2.75) is 4.90 Å². The minimum absolute atomic E-state index is 0.0539. The van der Waals surface area contributed by atoms with Gasteiger partial charge in [0.15, 0.2) is 0 Å². The van der Waals surface area contributed by atoms with Crippen LogP contribution in [0, 0.1) is 5.82 Å². The van der Waals surface area contributed by atoms with Crippen LogP contribution in [0.25, 0.3) is 0 Å². The maximum Gasteiger partial charge on any atom is 0.204 e. The molecule has 0 aliphatic carbocycles. The van der Waals surface area contributed by atoms with E-state index in [0.717, 1.165) is 16.8 Å². The van der Waals surface area contributed by atoms with Crippen LogP contribution in [-0.2, 0) is 0 Å². The van der Waals surface area contributed by atoms with Crippen molar-refractivity contribution in [1.82, 2.24) is 3.97 Å². The maximum atomic E-state index is 12.6. The fourth-order valence-electron chi connectivity index (χ4n) is 1.10. The molecule has 0 saturated carbocycles. The van der Waals surface area contributed by atoms with Crippen LogP contribution in [-0.4, -0.2) is 14.2 Å². The summed E-state index contributed by atoms with van der Waals surface area (Å²) in [7, 11) is 0. The van der Waals surface area contributed by atoms with Crippen molar-refractivity contribution in [3.63, 3.8) is 0 Å². The highest BCUT2D eigenvalue weighted by Crippen LogP contribution is 2.31. The Balaban J connectivity index is 2.25. The summed E-state index contributed by atoms with van der Waals surface area (Å²) in [5.41, 5.74) is 0. The zero-order valence-electron chi connectivity index (χ0n) is 7.59. The van der Waals surface area contributed by atoms with Crippen LogP contribution in [0.1, 0.15) is 0 Å². The van der Waals surface area contributed by atoms with E-state index in [9.17, 15) is 14.6 Å². The Kier molecular flexibility index (Phi) is 2.55. The van der Waals surface area contributed by atoms with Crippen LogP contribution in [0.15, 0.2) is 41.3 Å². The summed E-state index contributed by atoms with van der Waals surface area (Å²) < 4.78 is 13.9. The minimum Gasteiger partial charge on any atom is -0.494 e. The number of aromatic nitrogens is 1. The first kappa shape index (κ1) is 9.92. The first-order valence-corrected chi connectivity index (χ1v) is 4.98. The zero-order chi connectivity index (χ0) is 10.8. The van der Waals surface area contributed by atoms with Crippen molar-refractivity contribution in [3.05, 3.63) is 42.2 Å². The van der Waals surface area contributed by atoms with E-state index in [1.54, 1.807) is 12.1 Å². The molecule has 0 spiro atoms. The summed E-state index contributed by atoms with van der Waals surface area (Å²) in [6.07, 6.45) is 0. The summed E-state index contributed by atoms with van der Waals surface area (Å²) in [6.45, 7) is 0. The highest BCUT2D eigenvalue weighted by atomic mass is 32.2. The number of hydrogen-bond donors (Lipinski definition) is 2. The van der Waals surface area contributed by atoms with Gasteiger partial charge < -0.3 is 10.2 Å². The van der Waals surface area contributed by atoms with Crippen LogP contribution in [0.4, 0.5) is 4.39 Å². The monoisotopic (exact) mass is 225 g/mol. The fraction of sp³-hybridized carbons (Fsp3) is 0. The predicted molar refractivity (Wildman–Crippen MR) is 55.4 cm³/mol. The van der Waals surface area contributed by atoms with Gasteiger partial charge in [0.1, 0.15) is 5.82 Å². The summed E-state index contributed by atoms with van der Waals surface area (Å²) >= 11 is 1.11. The average Bonchev–Trinajstić information content (AvgIpc) is 2.53. The molecule has 0 radical (unpaired) electrons. The first-order valence-electron chi connectivity index (χ1n) is 4.20. The number of halogens is 1. The molecule has 1 aromatic carbocycles. The third-order valence-electron chi connectivity index (χ3n) is 1.81. The van der Waals surface area contributed by atoms with Gasteiger partial charge in [-0.2, -0.15) is 0 Å². The molecular formula is C10H8FNO2S. The third-order valence-corrected chi connectivity index (χ3v) is 2.85. The van der Waals surface area contributed by atoms with Crippen LogP contribution in [0.5, 0.6) is 11.8 Å². The van der Waals surface area contributed by atoms with Gasteiger partial charge in [0.05, 0.1) is 0 Å². The smallest absolute Gasteiger partial charge is 0.204 e. The van der Waals surface area contributed by atoms with E-state index in [2.05, 4.69) is 0 Å². The van der Waals surface area contributed by atoms with Gasteiger partial charge in [-0.3, -0.25) is 0 Å². The van der Waals surface area contributed by atoms with Crippen LogP contribution >= 0.6 is 11.9 Å². The van der Waals surface area contributed by atoms with Crippen LogP contribution < -0.4 is 0 Å². The van der Waals surface area contributed by atoms with Gasteiger partial charge in [0.25, 0.3) is 0 Å². The van der Waals surface area contributed by atoms with Crippen molar-refractivity contribution in [2.75, 3.05) is 0 Å². The highest BCUT2D eigenvalue weighted by Gasteiger charge is 2.07. The molecule has 0 unspecified atom stereocenters. The lowest BCUT2D eigenvalue weighted by Gasteiger charge is -2.04. The lowest BCUT2D eigenvalue weighted by Crippen LogP contribution is -1.85. The quantitative estimate of drug-likeness (QED) is 0.825. The normalized spacial score (nSPS) is 10.5. The predicted octanol–water partition coefficient (Wildman–Crippen LogP) is 2.59. The molecule has 15 heavy (non-hydrogen) atoms. The summed E-state index contributed by atoms with van der Waals surface area (Å²) in [5.74, 6) is -0.427. The van der Waals surface area contributed by atoms with Crippen molar-refractivity contribution < 1.29 is 14.6 Å². The van der Waals surface area contributed by atoms with Gasteiger partial charge in [-0.1, -0.05) is 0 Å². The summed E-state index contributed by atoms with van der Waals surface area (Å²) in [6, 6.07) is 8.54. The number of benzene rings is 1. The van der Waals surface area contributed by atoms with E-state index in [0.29, 0.717) is 0 Å². The lowest BCUT2D eigenvalue weighted by molar-refractivity contribution is 0.416. The van der Waals surface area contributed by atoms with Gasteiger partial charge in [-0.15, -0.1) is 0 Å². The molecule has 0 amide bonds. The molecule has 3 nitrogen and oxygen atoms in total.